The summed E-state index contributed by atoms with van der Waals surface area (Å²) in [6, 6.07) is 13.4. The lowest BCUT2D eigenvalue weighted by Gasteiger charge is -2.41. The Bertz CT molecular complexity index is 1350. The van der Waals surface area contributed by atoms with E-state index in [9.17, 15) is 13.9 Å². The molecule has 7 nitrogen and oxygen atoms in total. The molecule has 194 valence electrons. The molecule has 37 heavy (non-hydrogen) atoms. The van der Waals surface area contributed by atoms with E-state index in [4.69, 9.17) is 0 Å². The summed E-state index contributed by atoms with van der Waals surface area (Å²) in [5, 5.41) is 11.8. The number of hydrogen-bond acceptors (Lipinski definition) is 4. The Balaban J connectivity index is 1.47. The predicted molar refractivity (Wildman–Crippen MR) is 138 cm³/mol. The Kier molecular flexibility index (Phi) is 7.19. The molecule has 1 aliphatic heterocycles. The Hall–Kier alpha value is -3.40. The van der Waals surface area contributed by atoms with E-state index in [0.29, 0.717) is 52.1 Å². The molecule has 0 amide bonds. The van der Waals surface area contributed by atoms with Crippen LogP contribution in [0, 0.1) is 11.6 Å². The molecular weight excluding hydrogens is 474 g/mol. The van der Waals surface area contributed by atoms with E-state index in [-0.39, 0.29) is 11.6 Å². The fourth-order valence-electron chi connectivity index (χ4n) is 5.27. The van der Waals surface area contributed by atoms with Crippen molar-refractivity contribution in [3.05, 3.63) is 83.9 Å². The van der Waals surface area contributed by atoms with Crippen LogP contribution in [-0.2, 0) is 6.54 Å². The number of H-pyrrole nitrogens is 2. The third-order valence-corrected chi connectivity index (χ3v) is 7.38. The molecule has 2 atom stereocenters. The van der Waals surface area contributed by atoms with E-state index in [1.165, 1.54) is 12.1 Å². The first-order chi connectivity index (χ1) is 17.9. The molecule has 1 saturated heterocycles. The lowest BCUT2D eigenvalue weighted by Crippen LogP contribution is -2.52. The number of hydrogen-bond donors (Lipinski definition) is 3. The van der Waals surface area contributed by atoms with Crippen molar-refractivity contribution in [1.29, 1.82) is 0 Å². The molecule has 5 rings (SSSR count). The van der Waals surface area contributed by atoms with Gasteiger partial charge in [-0.15, -0.1) is 0 Å². The van der Waals surface area contributed by atoms with Crippen LogP contribution in [0.15, 0.2) is 60.9 Å². The zero-order chi connectivity index (χ0) is 26.0. The number of aromatic nitrogens is 4. The van der Waals surface area contributed by atoms with Gasteiger partial charge in [0.05, 0.1) is 42.3 Å². The van der Waals surface area contributed by atoms with Crippen LogP contribution in [0.1, 0.15) is 37.9 Å². The molecule has 2 aromatic carbocycles. The molecule has 0 spiro atoms. The average Bonchev–Trinajstić information content (AvgIpc) is 3.50. The van der Waals surface area contributed by atoms with Crippen LogP contribution >= 0.6 is 0 Å². The minimum absolute atomic E-state index is 0.340. The van der Waals surface area contributed by atoms with E-state index in [1.54, 1.807) is 48.8 Å². The van der Waals surface area contributed by atoms with E-state index < -0.39 is 6.23 Å². The Morgan fingerprint density at radius 1 is 0.892 bits per heavy atom. The van der Waals surface area contributed by atoms with Crippen LogP contribution in [0.4, 0.5) is 8.78 Å². The number of aliphatic hydroxyl groups is 1. The summed E-state index contributed by atoms with van der Waals surface area (Å²) >= 11 is 0. The van der Waals surface area contributed by atoms with Gasteiger partial charge in [0, 0.05) is 25.6 Å². The Labute approximate surface area is 215 Å². The van der Waals surface area contributed by atoms with E-state index in [2.05, 4.69) is 38.7 Å². The van der Waals surface area contributed by atoms with Crippen molar-refractivity contribution in [2.75, 3.05) is 26.2 Å². The molecule has 0 radical (unpaired) electrons. The number of nitrogens with zero attached hydrogens (tertiary/aromatic N) is 4. The molecule has 2 unspecified atom stereocenters. The van der Waals surface area contributed by atoms with Crippen molar-refractivity contribution in [2.45, 2.75) is 39.1 Å². The SMILES string of the molecule is CC(C)N1CCC[N+](Cc2cnc(-c3ccccc3F)[nH]2)(C(O)c2cnc(-c3ccccc3F)[nH]2)CC1. The molecule has 4 aromatic rings. The van der Waals surface area contributed by atoms with Crippen molar-refractivity contribution in [2.24, 2.45) is 0 Å². The summed E-state index contributed by atoms with van der Waals surface area (Å²) < 4.78 is 29.1. The first-order valence-corrected chi connectivity index (χ1v) is 12.7. The number of rotatable bonds is 7. The summed E-state index contributed by atoms with van der Waals surface area (Å²) in [7, 11) is 0. The summed E-state index contributed by atoms with van der Waals surface area (Å²) in [5.41, 5.74) is 2.11. The minimum atomic E-state index is -0.916. The van der Waals surface area contributed by atoms with Gasteiger partial charge in [-0.25, -0.2) is 18.7 Å². The zero-order valence-corrected chi connectivity index (χ0v) is 21.2. The maximum absolute atomic E-state index is 14.4. The maximum atomic E-state index is 14.4. The average molecular weight is 508 g/mol. The number of nitrogens with one attached hydrogen (secondary N) is 2. The van der Waals surface area contributed by atoms with Crippen molar-refractivity contribution in [3.63, 3.8) is 0 Å². The van der Waals surface area contributed by atoms with Gasteiger partial charge in [-0.3, -0.25) is 9.38 Å². The van der Waals surface area contributed by atoms with Gasteiger partial charge in [-0.2, -0.15) is 0 Å². The zero-order valence-electron chi connectivity index (χ0n) is 21.2. The van der Waals surface area contributed by atoms with Crippen LogP contribution in [-0.4, -0.2) is 66.6 Å². The Morgan fingerprint density at radius 3 is 2.16 bits per heavy atom. The van der Waals surface area contributed by atoms with Crippen molar-refractivity contribution in [3.8, 4) is 22.8 Å². The van der Waals surface area contributed by atoms with Crippen LogP contribution in [0.3, 0.4) is 0 Å². The normalized spacial score (nSPS) is 19.7. The topological polar surface area (TPSA) is 80.8 Å². The second-order valence-electron chi connectivity index (χ2n) is 10.1. The molecule has 3 heterocycles. The highest BCUT2D eigenvalue weighted by atomic mass is 19.1. The van der Waals surface area contributed by atoms with Gasteiger partial charge in [-0.1, -0.05) is 24.3 Å². The lowest BCUT2D eigenvalue weighted by atomic mass is 10.2. The van der Waals surface area contributed by atoms with E-state index in [1.807, 2.05) is 0 Å². The molecule has 2 aromatic heterocycles. The standard InChI is InChI=1S/C28H33F2N6O/c1-19(2)35-12-7-14-36(15-13-35,18-20-16-31-26(33-20)21-8-3-5-10-23(21)29)28(37)25-17-32-27(34-25)22-9-4-6-11-24(22)30/h3-6,8-11,16-17,19,28,37H,7,12-15,18H2,1-2H3,(H,31,33)(H,32,34)/q+1. The lowest BCUT2D eigenvalue weighted by molar-refractivity contribution is -0.988. The highest BCUT2D eigenvalue weighted by Gasteiger charge is 2.41. The van der Waals surface area contributed by atoms with Crippen LogP contribution < -0.4 is 0 Å². The van der Waals surface area contributed by atoms with Crippen molar-refractivity contribution < 1.29 is 18.4 Å². The second kappa shape index (κ2) is 10.5. The van der Waals surface area contributed by atoms with Crippen molar-refractivity contribution in [1.82, 2.24) is 24.8 Å². The number of quaternary nitrogens is 1. The fraction of sp³-hybridized carbons (Fsp3) is 0.357. The van der Waals surface area contributed by atoms with Gasteiger partial charge < -0.3 is 15.1 Å². The molecule has 9 heteroatoms. The number of aromatic amines is 2. The molecular formula is C28H33F2N6O+. The maximum Gasteiger partial charge on any atom is 0.234 e. The number of imidazole rings is 2. The van der Waals surface area contributed by atoms with Gasteiger partial charge in [-0.05, 0) is 38.1 Å². The van der Waals surface area contributed by atoms with Gasteiger partial charge in [0.2, 0.25) is 6.23 Å². The van der Waals surface area contributed by atoms with Gasteiger partial charge in [0.15, 0.2) is 0 Å². The second-order valence-corrected chi connectivity index (χ2v) is 10.1. The van der Waals surface area contributed by atoms with Crippen LogP contribution in [0.25, 0.3) is 22.8 Å². The smallest absolute Gasteiger partial charge is 0.234 e. The number of benzene rings is 2. The number of aliphatic hydroxyl groups excluding tert-OH is 1. The predicted octanol–water partition coefficient (Wildman–Crippen LogP) is 4.87. The molecule has 1 aliphatic rings. The van der Waals surface area contributed by atoms with Crippen molar-refractivity contribution >= 4 is 0 Å². The molecule has 1 fully saturated rings. The summed E-state index contributed by atoms with van der Waals surface area (Å²) in [5.74, 6) is 0.130. The highest BCUT2D eigenvalue weighted by Crippen LogP contribution is 2.33. The third-order valence-electron chi connectivity index (χ3n) is 7.38. The van der Waals surface area contributed by atoms with Gasteiger partial charge in [0.1, 0.15) is 35.5 Å². The van der Waals surface area contributed by atoms with Gasteiger partial charge in [0.25, 0.3) is 0 Å². The third kappa shape index (κ3) is 5.20. The summed E-state index contributed by atoms with van der Waals surface area (Å²) in [6.45, 7) is 8.02. The first kappa shape index (κ1) is 25.3. The molecule has 0 aliphatic carbocycles. The first-order valence-electron chi connectivity index (χ1n) is 12.7. The van der Waals surface area contributed by atoms with E-state index in [0.717, 1.165) is 31.7 Å². The minimum Gasteiger partial charge on any atom is -0.340 e. The van der Waals surface area contributed by atoms with E-state index >= 15 is 0 Å². The highest BCUT2D eigenvalue weighted by molar-refractivity contribution is 5.56. The quantitative estimate of drug-likeness (QED) is 0.312. The van der Waals surface area contributed by atoms with Crippen LogP contribution in [0.5, 0.6) is 0 Å². The number of halogens is 2. The molecule has 3 N–H and O–H groups in total. The largest absolute Gasteiger partial charge is 0.340 e. The van der Waals surface area contributed by atoms with Gasteiger partial charge >= 0.3 is 0 Å². The molecule has 0 bridgehead atoms. The summed E-state index contributed by atoms with van der Waals surface area (Å²) in [4.78, 5) is 17.7. The molecule has 0 saturated carbocycles. The van der Waals surface area contributed by atoms with Crippen LogP contribution in [0.2, 0.25) is 0 Å². The monoisotopic (exact) mass is 507 g/mol. The fourth-order valence-corrected chi connectivity index (χ4v) is 5.27. The summed E-state index contributed by atoms with van der Waals surface area (Å²) in [6.07, 6.45) is 3.30. The Morgan fingerprint density at radius 2 is 1.51 bits per heavy atom.